The molecule has 0 atom stereocenters. The first-order chi connectivity index (χ1) is 14.1. The van der Waals surface area contributed by atoms with Crippen molar-refractivity contribution in [2.24, 2.45) is 5.73 Å². The summed E-state index contributed by atoms with van der Waals surface area (Å²) in [4.78, 5) is 15.2. The van der Waals surface area contributed by atoms with Gasteiger partial charge in [-0.05, 0) is 54.8 Å². The number of carbonyl (C=O) groups is 1. The minimum absolute atomic E-state index is 0.153. The van der Waals surface area contributed by atoms with Crippen LogP contribution in [0.2, 0.25) is 0 Å². The molecule has 5 nitrogen and oxygen atoms in total. The highest BCUT2D eigenvalue weighted by Crippen LogP contribution is 2.30. The van der Waals surface area contributed by atoms with Crippen LogP contribution in [0, 0.1) is 0 Å². The summed E-state index contributed by atoms with van der Waals surface area (Å²) in [6, 6.07) is 23.6. The molecule has 0 spiro atoms. The Morgan fingerprint density at radius 1 is 0.931 bits per heavy atom. The third kappa shape index (κ3) is 4.41. The second-order valence-corrected chi connectivity index (χ2v) is 7.50. The molecule has 1 aliphatic rings. The van der Waals surface area contributed by atoms with Crippen molar-refractivity contribution in [3.05, 3.63) is 78.4 Å². The van der Waals surface area contributed by atoms with Crippen LogP contribution in [0.1, 0.15) is 23.2 Å². The number of rotatable bonds is 4. The lowest BCUT2D eigenvalue weighted by Gasteiger charge is -2.32. The van der Waals surface area contributed by atoms with Gasteiger partial charge in [0.2, 0.25) is 0 Å². The Kier molecular flexibility index (Phi) is 5.49. The van der Waals surface area contributed by atoms with Crippen molar-refractivity contribution in [1.82, 2.24) is 0 Å². The number of nitrogens with one attached hydrogen (secondary N) is 1. The second-order valence-electron chi connectivity index (χ2n) is 7.50. The monoisotopic (exact) mass is 386 g/mol. The number of nitrogens with two attached hydrogens (primary N) is 2. The molecule has 3 aromatic rings. The Morgan fingerprint density at radius 2 is 1.62 bits per heavy atom. The molecule has 0 bridgehead atoms. The van der Waals surface area contributed by atoms with Gasteiger partial charge in [0.05, 0.1) is 5.69 Å². The first kappa shape index (κ1) is 19.0. The first-order valence-corrected chi connectivity index (χ1v) is 9.97. The molecule has 1 heterocycles. The van der Waals surface area contributed by atoms with Crippen LogP contribution in [-0.4, -0.2) is 25.0 Å². The zero-order valence-electron chi connectivity index (χ0n) is 16.3. The number of hydrogen-bond acceptors (Lipinski definition) is 4. The van der Waals surface area contributed by atoms with Crippen LogP contribution in [0.15, 0.2) is 72.8 Å². The van der Waals surface area contributed by atoms with Crippen molar-refractivity contribution in [1.29, 1.82) is 0 Å². The first-order valence-electron chi connectivity index (χ1n) is 9.97. The van der Waals surface area contributed by atoms with Gasteiger partial charge in [-0.25, -0.2) is 0 Å². The van der Waals surface area contributed by atoms with Crippen LogP contribution in [-0.2, 0) is 0 Å². The summed E-state index contributed by atoms with van der Waals surface area (Å²) >= 11 is 0. The maximum absolute atomic E-state index is 12.9. The van der Waals surface area contributed by atoms with Gasteiger partial charge in [-0.1, -0.05) is 36.4 Å². The van der Waals surface area contributed by atoms with E-state index < -0.39 is 0 Å². The van der Waals surface area contributed by atoms with Crippen molar-refractivity contribution < 1.29 is 4.79 Å². The number of amides is 1. The number of piperidine rings is 1. The second kappa shape index (κ2) is 8.37. The molecular weight excluding hydrogens is 360 g/mol. The fourth-order valence-electron chi connectivity index (χ4n) is 3.71. The minimum Gasteiger partial charge on any atom is -0.399 e. The zero-order chi connectivity index (χ0) is 20.2. The van der Waals surface area contributed by atoms with Crippen LogP contribution in [0.3, 0.4) is 0 Å². The molecule has 1 aliphatic heterocycles. The number of hydrogen-bond donors (Lipinski definition) is 3. The van der Waals surface area contributed by atoms with Crippen molar-refractivity contribution in [2.75, 3.05) is 29.0 Å². The number of nitrogen functional groups attached to an aromatic ring is 1. The summed E-state index contributed by atoms with van der Waals surface area (Å²) in [5, 5.41) is 3.02. The molecule has 29 heavy (non-hydrogen) atoms. The summed E-state index contributed by atoms with van der Waals surface area (Å²) in [5.41, 5.74) is 17.0. The molecule has 0 aromatic heterocycles. The van der Waals surface area contributed by atoms with E-state index in [1.54, 1.807) is 6.07 Å². The molecule has 0 aliphatic carbocycles. The normalized spacial score (nSPS) is 14.6. The lowest BCUT2D eigenvalue weighted by atomic mass is 10.0. The van der Waals surface area contributed by atoms with Gasteiger partial charge in [0.1, 0.15) is 0 Å². The number of carbonyl (C=O) groups excluding carboxylic acids is 1. The van der Waals surface area contributed by atoms with Crippen molar-refractivity contribution in [3.63, 3.8) is 0 Å². The van der Waals surface area contributed by atoms with Gasteiger partial charge in [-0.3, -0.25) is 4.79 Å². The van der Waals surface area contributed by atoms with Crippen LogP contribution in [0.5, 0.6) is 0 Å². The molecular formula is C24H26N4O. The zero-order valence-corrected chi connectivity index (χ0v) is 16.3. The Hall–Kier alpha value is -3.31. The van der Waals surface area contributed by atoms with E-state index >= 15 is 0 Å². The molecule has 0 saturated carbocycles. The topological polar surface area (TPSA) is 84.4 Å². The highest BCUT2D eigenvalue weighted by Gasteiger charge is 2.17. The largest absolute Gasteiger partial charge is 0.399 e. The van der Waals surface area contributed by atoms with E-state index in [9.17, 15) is 4.79 Å². The van der Waals surface area contributed by atoms with Crippen LogP contribution >= 0.6 is 0 Å². The van der Waals surface area contributed by atoms with Gasteiger partial charge in [0.25, 0.3) is 5.91 Å². The average Bonchev–Trinajstić information content (AvgIpc) is 2.75. The molecule has 0 unspecified atom stereocenters. The fourth-order valence-corrected chi connectivity index (χ4v) is 3.71. The van der Waals surface area contributed by atoms with Crippen LogP contribution in [0.25, 0.3) is 11.1 Å². The van der Waals surface area contributed by atoms with E-state index in [0.29, 0.717) is 23.0 Å². The summed E-state index contributed by atoms with van der Waals surface area (Å²) in [5.74, 6) is -0.153. The lowest BCUT2D eigenvalue weighted by molar-refractivity contribution is 0.102. The lowest BCUT2D eigenvalue weighted by Crippen LogP contribution is -2.39. The molecule has 1 saturated heterocycles. The van der Waals surface area contributed by atoms with Crippen molar-refractivity contribution in [3.8, 4) is 11.1 Å². The highest BCUT2D eigenvalue weighted by molar-refractivity contribution is 6.06. The summed E-state index contributed by atoms with van der Waals surface area (Å²) in [6.45, 7) is 1.91. The molecule has 1 fully saturated rings. The molecule has 5 N–H and O–H groups in total. The maximum atomic E-state index is 12.9. The molecule has 4 rings (SSSR count). The predicted octanol–water partition coefficient (Wildman–Crippen LogP) is 4.12. The Balaban J connectivity index is 1.52. The van der Waals surface area contributed by atoms with Gasteiger partial charge in [-0.2, -0.15) is 0 Å². The standard InChI is InChI=1S/C24H26N4O/c25-19-12-14-28(15-13-19)21-9-6-18(7-10-21)24(29)27-23-16-20(26)8-11-22(23)17-4-2-1-3-5-17/h1-11,16,19H,12-15,25-26H2,(H,27,29). The Bertz CT molecular complexity index is 978. The maximum Gasteiger partial charge on any atom is 0.255 e. The average molecular weight is 386 g/mol. The van der Waals surface area contributed by atoms with E-state index in [2.05, 4.69) is 10.2 Å². The summed E-state index contributed by atoms with van der Waals surface area (Å²) in [7, 11) is 0. The summed E-state index contributed by atoms with van der Waals surface area (Å²) in [6.07, 6.45) is 2.00. The van der Waals surface area contributed by atoms with Crippen LogP contribution < -0.4 is 21.7 Å². The fraction of sp³-hybridized carbons (Fsp3) is 0.208. The van der Waals surface area contributed by atoms with E-state index in [1.165, 1.54) is 0 Å². The number of anilines is 3. The van der Waals surface area contributed by atoms with Crippen molar-refractivity contribution in [2.45, 2.75) is 18.9 Å². The third-order valence-electron chi connectivity index (χ3n) is 5.41. The van der Waals surface area contributed by atoms with Gasteiger partial charge < -0.3 is 21.7 Å². The molecule has 5 heteroatoms. The minimum atomic E-state index is -0.153. The molecule has 3 aromatic carbocycles. The molecule has 1 amide bonds. The van der Waals surface area contributed by atoms with E-state index in [1.807, 2.05) is 66.7 Å². The Labute approximate surface area is 171 Å². The number of benzene rings is 3. The molecule has 0 radical (unpaired) electrons. The Morgan fingerprint density at radius 3 is 2.31 bits per heavy atom. The van der Waals surface area contributed by atoms with Gasteiger partial charge in [0.15, 0.2) is 0 Å². The van der Waals surface area contributed by atoms with Gasteiger partial charge in [-0.15, -0.1) is 0 Å². The highest BCUT2D eigenvalue weighted by atomic mass is 16.1. The molecule has 148 valence electrons. The summed E-state index contributed by atoms with van der Waals surface area (Å²) < 4.78 is 0. The predicted molar refractivity (Wildman–Crippen MR) is 120 cm³/mol. The quantitative estimate of drug-likeness (QED) is 0.589. The van der Waals surface area contributed by atoms with Crippen LogP contribution in [0.4, 0.5) is 17.1 Å². The number of nitrogens with zero attached hydrogens (tertiary/aromatic N) is 1. The van der Waals surface area contributed by atoms with E-state index in [0.717, 1.165) is 42.7 Å². The SMILES string of the molecule is Nc1ccc(-c2ccccc2)c(NC(=O)c2ccc(N3CCC(N)CC3)cc2)c1. The van der Waals surface area contributed by atoms with Gasteiger partial charge in [0, 0.05) is 41.6 Å². The van der Waals surface area contributed by atoms with Crippen molar-refractivity contribution >= 4 is 23.0 Å². The van der Waals surface area contributed by atoms with Gasteiger partial charge >= 0.3 is 0 Å². The third-order valence-corrected chi connectivity index (χ3v) is 5.41. The van der Waals surface area contributed by atoms with E-state index in [-0.39, 0.29) is 5.91 Å². The smallest absolute Gasteiger partial charge is 0.255 e. The van der Waals surface area contributed by atoms with E-state index in [4.69, 9.17) is 11.5 Å².